The second kappa shape index (κ2) is 8.61. The van der Waals surface area contributed by atoms with Crippen molar-refractivity contribution in [3.8, 4) is 11.3 Å². The first-order chi connectivity index (χ1) is 17.4. The Labute approximate surface area is 208 Å². The molecule has 0 spiro atoms. The average molecular weight is 487 g/mol. The SMILES string of the molecule is Cc1nn(C2CCN(C(=O)C3CC3)CC2)cc1-c1cc2cc(NC(=O)c3n[nH]c(C)c3C)cnc2[nH]1. The van der Waals surface area contributed by atoms with Gasteiger partial charge in [-0.1, -0.05) is 0 Å². The molecule has 2 fully saturated rings. The van der Waals surface area contributed by atoms with Crippen LogP contribution in [0.5, 0.6) is 0 Å². The first-order valence-corrected chi connectivity index (χ1v) is 12.5. The summed E-state index contributed by atoms with van der Waals surface area (Å²) in [4.78, 5) is 34.9. The van der Waals surface area contributed by atoms with E-state index in [-0.39, 0.29) is 11.8 Å². The summed E-state index contributed by atoms with van der Waals surface area (Å²) in [6.07, 6.45) is 7.68. The zero-order valence-corrected chi connectivity index (χ0v) is 20.8. The summed E-state index contributed by atoms with van der Waals surface area (Å²) in [5.41, 5.74) is 6.34. The van der Waals surface area contributed by atoms with Crippen molar-refractivity contribution in [2.45, 2.75) is 52.5 Å². The number of H-pyrrole nitrogens is 2. The number of fused-ring (bicyclic) bond motifs is 1. The Morgan fingerprint density at radius 2 is 1.86 bits per heavy atom. The van der Waals surface area contributed by atoms with Gasteiger partial charge in [0.2, 0.25) is 5.91 Å². The van der Waals surface area contributed by atoms with E-state index in [2.05, 4.69) is 36.4 Å². The van der Waals surface area contributed by atoms with Crippen molar-refractivity contribution in [3.63, 3.8) is 0 Å². The minimum atomic E-state index is -0.268. The predicted molar refractivity (Wildman–Crippen MR) is 136 cm³/mol. The van der Waals surface area contributed by atoms with Gasteiger partial charge in [-0.05, 0) is 58.6 Å². The highest BCUT2D eigenvalue weighted by atomic mass is 16.2. The van der Waals surface area contributed by atoms with Gasteiger partial charge < -0.3 is 15.2 Å². The van der Waals surface area contributed by atoms with Crippen LogP contribution in [0.2, 0.25) is 0 Å². The van der Waals surface area contributed by atoms with Crippen molar-refractivity contribution in [1.29, 1.82) is 0 Å². The molecule has 0 bridgehead atoms. The van der Waals surface area contributed by atoms with Crippen LogP contribution in [0.25, 0.3) is 22.3 Å². The minimum Gasteiger partial charge on any atom is -0.342 e. The number of rotatable bonds is 5. The van der Waals surface area contributed by atoms with Crippen LogP contribution in [-0.4, -0.2) is 59.7 Å². The molecule has 4 aromatic rings. The summed E-state index contributed by atoms with van der Waals surface area (Å²) < 4.78 is 2.06. The maximum Gasteiger partial charge on any atom is 0.276 e. The third-order valence-electron chi connectivity index (χ3n) is 7.48. The highest BCUT2D eigenvalue weighted by Crippen LogP contribution is 2.34. The molecule has 2 aliphatic rings. The number of carbonyl (C=O) groups is 2. The van der Waals surface area contributed by atoms with E-state index in [0.29, 0.717) is 23.3 Å². The summed E-state index contributed by atoms with van der Waals surface area (Å²) >= 11 is 0. The van der Waals surface area contributed by atoms with Gasteiger partial charge in [0.1, 0.15) is 5.65 Å². The number of aryl methyl sites for hydroxylation is 2. The zero-order valence-electron chi connectivity index (χ0n) is 20.8. The molecule has 10 nitrogen and oxygen atoms in total. The number of piperidine rings is 1. The van der Waals surface area contributed by atoms with Crippen molar-refractivity contribution >= 4 is 28.5 Å². The Kier molecular flexibility index (Phi) is 5.39. The van der Waals surface area contributed by atoms with E-state index in [1.54, 1.807) is 6.20 Å². The fraction of sp³-hybridized carbons (Fsp3) is 0.423. The van der Waals surface area contributed by atoms with Crippen LogP contribution in [0.4, 0.5) is 5.69 Å². The number of amides is 2. The summed E-state index contributed by atoms with van der Waals surface area (Å²) in [5, 5.41) is 15.5. The summed E-state index contributed by atoms with van der Waals surface area (Å²) in [6, 6.07) is 4.23. The molecule has 36 heavy (non-hydrogen) atoms. The van der Waals surface area contributed by atoms with E-state index in [0.717, 1.165) is 78.0 Å². The monoisotopic (exact) mass is 486 g/mol. The van der Waals surface area contributed by atoms with Crippen LogP contribution in [-0.2, 0) is 4.79 Å². The molecule has 4 aromatic heterocycles. The van der Waals surface area contributed by atoms with Crippen LogP contribution in [0.3, 0.4) is 0 Å². The van der Waals surface area contributed by atoms with Crippen molar-refractivity contribution in [2.24, 2.45) is 5.92 Å². The number of hydrogen-bond acceptors (Lipinski definition) is 5. The molecule has 0 unspecified atom stereocenters. The van der Waals surface area contributed by atoms with Gasteiger partial charge in [-0.3, -0.25) is 19.4 Å². The Morgan fingerprint density at radius 3 is 2.56 bits per heavy atom. The summed E-state index contributed by atoms with van der Waals surface area (Å²) in [6.45, 7) is 7.37. The molecule has 6 rings (SSSR count). The number of hydrogen-bond donors (Lipinski definition) is 3. The van der Waals surface area contributed by atoms with E-state index in [1.807, 2.05) is 37.8 Å². The lowest BCUT2D eigenvalue weighted by Crippen LogP contribution is -2.39. The average Bonchev–Trinajstić information content (AvgIpc) is 3.40. The first-order valence-electron chi connectivity index (χ1n) is 12.5. The van der Waals surface area contributed by atoms with E-state index in [9.17, 15) is 9.59 Å². The normalized spacial score (nSPS) is 16.6. The van der Waals surface area contributed by atoms with Gasteiger partial charge in [0.15, 0.2) is 5.69 Å². The molecular weight excluding hydrogens is 456 g/mol. The maximum absolute atomic E-state index is 12.6. The molecule has 3 N–H and O–H groups in total. The number of anilines is 1. The second-order valence-electron chi connectivity index (χ2n) is 10.1. The molecule has 1 saturated heterocycles. The number of pyridine rings is 1. The van der Waals surface area contributed by atoms with Gasteiger partial charge in [-0.25, -0.2) is 4.98 Å². The Morgan fingerprint density at radius 1 is 1.08 bits per heavy atom. The molecule has 186 valence electrons. The molecule has 10 heteroatoms. The van der Waals surface area contributed by atoms with Gasteiger partial charge >= 0.3 is 0 Å². The molecule has 2 amide bonds. The van der Waals surface area contributed by atoms with Gasteiger partial charge in [0.05, 0.1) is 29.3 Å². The summed E-state index contributed by atoms with van der Waals surface area (Å²) in [5.74, 6) is 0.348. The lowest BCUT2D eigenvalue weighted by molar-refractivity contribution is -0.133. The molecule has 0 radical (unpaired) electrons. The summed E-state index contributed by atoms with van der Waals surface area (Å²) in [7, 11) is 0. The maximum atomic E-state index is 12.6. The molecular formula is C26H30N8O2. The van der Waals surface area contributed by atoms with E-state index in [4.69, 9.17) is 5.10 Å². The fourth-order valence-corrected chi connectivity index (χ4v) is 5.00. The lowest BCUT2D eigenvalue weighted by Gasteiger charge is -2.32. The van der Waals surface area contributed by atoms with Crippen LogP contribution >= 0.6 is 0 Å². The second-order valence-corrected chi connectivity index (χ2v) is 10.1. The van der Waals surface area contributed by atoms with Crippen molar-refractivity contribution in [2.75, 3.05) is 18.4 Å². The van der Waals surface area contributed by atoms with Crippen LogP contribution in [0.1, 0.15) is 59.2 Å². The highest BCUT2D eigenvalue weighted by Gasteiger charge is 2.35. The standard InChI is InChI=1S/C26H30N8O2/c1-14-15(2)30-31-23(14)25(35)28-19-10-18-11-22(29-24(18)27-12-19)21-13-34(32-16(21)3)20-6-8-33(9-7-20)26(36)17-4-5-17/h10-13,17,20H,4-9H2,1-3H3,(H,27,29)(H,28,35)(H,30,31). The molecule has 1 aliphatic carbocycles. The quantitative estimate of drug-likeness (QED) is 0.395. The van der Waals surface area contributed by atoms with Gasteiger partial charge in [-0.2, -0.15) is 10.2 Å². The van der Waals surface area contributed by atoms with E-state index in [1.165, 1.54) is 0 Å². The minimum absolute atomic E-state index is 0.268. The van der Waals surface area contributed by atoms with Crippen LogP contribution < -0.4 is 5.32 Å². The molecule has 1 saturated carbocycles. The number of likely N-dealkylation sites (tertiary alicyclic amines) is 1. The van der Waals surface area contributed by atoms with Crippen molar-refractivity contribution in [3.05, 3.63) is 47.2 Å². The third-order valence-corrected chi connectivity index (χ3v) is 7.48. The Balaban J connectivity index is 1.18. The van der Waals surface area contributed by atoms with Crippen molar-refractivity contribution < 1.29 is 9.59 Å². The molecule has 1 aliphatic heterocycles. The van der Waals surface area contributed by atoms with Crippen LogP contribution in [0, 0.1) is 26.7 Å². The Hall–Kier alpha value is -3.95. The highest BCUT2D eigenvalue weighted by molar-refractivity contribution is 6.04. The topological polar surface area (TPSA) is 125 Å². The third kappa shape index (κ3) is 4.06. The lowest BCUT2D eigenvalue weighted by atomic mass is 10.0. The largest absolute Gasteiger partial charge is 0.342 e. The zero-order chi connectivity index (χ0) is 25.0. The number of nitrogens with zero attached hydrogens (tertiary/aromatic N) is 5. The Bertz CT molecular complexity index is 1470. The van der Waals surface area contributed by atoms with E-state index < -0.39 is 0 Å². The van der Waals surface area contributed by atoms with Gasteiger partial charge in [0, 0.05) is 47.4 Å². The van der Waals surface area contributed by atoms with Gasteiger partial charge in [0.25, 0.3) is 5.91 Å². The number of aromatic nitrogens is 6. The molecule has 0 atom stereocenters. The first kappa shape index (κ1) is 22.5. The van der Waals surface area contributed by atoms with E-state index >= 15 is 0 Å². The van der Waals surface area contributed by atoms with Crippen LogP contribution in [0.15, 0.2) is 24.5 Å². The number of nitrogens with one attached hydrogen (secondary N) is 3. The fourth-order valence-electron chi connectivity index (χ4n) is 5.00. The van der Waals surface area contributed by atoms with Crippen molar-refractivity contribution in [1.82, 2.24) is 34.8 Å². The number of carbonyl (C=O) groups excluding carboxylic acids is 2. The number of aromatic amines is 2. The molecule has 0 aromatic carbocycles. The predicted octanol–water partition coefficient (Wildman–Crippen LogP) is 3.90. The smallest absolute Gasteiger partial charge is 0.276 e. The van der Waals surface area contributed by atoms with Gasteiger partial charge in [-0.15, -0.1) is 0 Å². The molecule has 5 heterocycles.